The van der Waals surface area contributed by atoms with Crippen molar-refractivity contribution < 1.29 is 18.3 Å². The van der Waals surface area contributed by atoms with E-state index in [1.807, 2.05) is 37.3 Å². The van der Waals surface area contributed by atoms with Crippen LogP contribution in [0.4, 0.5) is 5.69 Å². The van der Waals surface area contributed by atoms with Crippen LogP contribution in [-0.4, -0.2) is 20.1 Å². The van der Waals surface area contributed by atoms with Crippen LogP contribution in [0.1, 0.15) is 18.1 Å². The van der Waals surface area contributed by atoms with Gasteiger partial charge in [-0.3, -0.25) is 4.72 Å². The molecule has 0 atom stereocenters. The van der Waals surface area contributed by atoms with E-state index >= 15 is 0 Å². The first-order chi connectivity index (χ1) is 11.0. The molecule has 0 bridgehead atoms. The zero-order chi connectivity index (χ0) is 16.7. The van der Waals surface area contributed by atoms with E-state index in [-0.39, 0.29) is 6.61 Å². The third kappa shape index (κ3) is 5.12. The predicted octanol–water partition coefficient (Wildman–Crippen LogP) is 2.99. The van der Waals surface area contributed by atoms with E-state index in [0.717, 1.165) is 11.0 Å². The fraction of sp³-hybridized carbons (Fsp3) is 0.176. The average Bonchev–Trinajstić information content (AvgIpc) is 2.55. The molecule has 0 heterocycles. The SMILES string of the molecule is CCOc1ccc(NS(=O)(=O)/C=C/c2ccccc2)cc1CO. The molecule has 0 saturated carbocycles. The van der Waals surface area contributed by atoms with E-state index in [1.165, 1.54) is 6.08 Å². The lowest BCUT2D eigenvalue weighted by Gasteiger charge is -2.11. The third-order valence-electron chi connectivity index (χ3n) is 3.03. The standard InChI is InChI=1S/C17H19NO4S/c1-2-22-17-9-8-16(12-15(17)13-19)18-23(20,21)11-10-14-6-4-3-5-7-14/h3-12,18-19H,2,13H2,1H3/b11-10+. The number of hydrogen-bond donors (Lipinski definition) is 2. The molecule has 0 unspecified atom stereocenters. The van der Waals surface area contributed by atoms with Crippen LogP contribution < -0.4 is 9.46 Å². The van der Waals surface area contributed by atoms with Crippen LogP contribution >= 0.6 is 0 Å². The summed E-state index contributed by atoms with van der Waals surface area (Å²) in [4.78, 5) is 0. The van der Waals surface area contributed by atoms with Gasteiger partial charge in [-0.1, -0.05) is 30.3 Å². The van der Waals surface area contributed by atoms with Gasteiger partial charge < -0.3 is 9.84 Å². The second-order valence-corrected chi connectivity index (χ2v) is 6.34. The Labute approximate surface area is 136 Å². The monoisotopic (exact) mass is 333 g/mol. The number of anilines is 1. The zero-order valence-corrected chi connectivity index (χ0v) is 13.6. The maximum Gasteiger partial charge on any atom is 0.255 e. The van der Waals surface area contributed by atoms with Crippen molar-refractivity contribution in [1.82, 2.24) is 0 Å². The number of rotatable bonds is 7. The molecular weight excluding hydrogens is 314 g/mol. The molecule has 0 radical (unpaired) electrons. The highest BCUT2D eigenvalue weighted by Crippen LogP contribution is 2.24. The Kier molecular flexibility index (Phi) is 5.78. The highest BCUT2D eigenvalue weighted by molar-refractivity contribution is 7.95. The van der Waals surface area contributed by atoms with Crippen molar-refractivity contribution in [3.05, 3.63) is 65.1 Å². The first kappa shape index (κ1) is 17.1. The van der Waals surface area contributed by atoms with Crippen LogP contribution in [0.5, 0.6) is 5.75 Å². The summed E-state index contributed by atoms with van der Waals surface area (Å²) in [6, 6.07) is 13.9. The molecule has 6 heteroatoms. The summed E-state index contributed by atoms with van der Waals surface area (Å²) in [5, 5.41) is 10.5. The Morgan fingerprint density at radius 2 is 1.91 bits per heavy atom. The highest BCUT2D eigenvalue weighted by atomic mass is 32.2. The lowest BCUT2D eigenvalue weighted by molar-refractivity contribution is 0.267. The van der Waals surface area contributed by atoms with E-state index in [1.54, 1.807) is 18.2 Å². The maximum atomic E-state index is 12.1. The Morgan fingerprint density at radius 1 is 1.17 bits per heavy atom. The van der Waals surface area contributed by atoms with E-state index in [9.17, 15) is 13.5 Å². The van der Waals surface area contributed by atoms with E-state index in [0.29, 0.717) is 23.6 Å². The Balaban J connectivity index is 2.15. The number of nitrogens with one attached hydrogen (secondary N) is 1. The van der Waals surface area contributed by atoms with Crippen molar-refractivity contribution in [2.75, 3.05) is 11.3 Å². The number of aliphatic hydroxyl groups is 1. The number of ether oxygens (including phenoxy) is 1. The van der Waals surface area contributed by atoms with Gasteiger partial charge in [-0.25, -0.2) is 8.42 Å². The second-order valence-electron chi connectivity index (χ2n) is 4.77. The second kappa shape index (κ2) is 7.80. The molecule has 0 amide bonds. The minimum absolute atomic E-state index is 0.231. The maximum absolute atomic E-state index is 12.1. The summed E-state index contributed by atoms with van der Waals surface area (Å²) in [6.07, 6.45) is 1.52. The lowest BCUT2D eigenvalue weighted by atomic mass is 10.2. The van der Waals surface area contributed by atoms with E-state index < -0.39 is 10.0 Å². The van der Waals surface area contributed by atoms with Gasteiger partial charge in [0.05, 0.1) is 18.6 Å². The van der Waals surface area contributed by atoms with Gasteiger partial charge in [0.25, 0.3) is 10.0 Å². The zero-order valence-electron chi connectivity index (χ0n) is 12.8. The fourth-order valence-electron chi connectivity index (χ4n) is 1.99. The van der Waals surface area contributed by atoms with Crippen LogP contribution in [-0.2, 0) is 16.6 Å². The molecule has 0 aliphatic carbocycles. The average molecular weight is 333 g/mol. The summed E-state index contributed by atoms with van der Waals surface area (Å²) in [6.45, 7) is 2.08. The molecular formula is C17H19NO4S. The molecule has 0 saturated heterocycles. The summed E-state index contributed by atoms with van der Waals surface area (Å²) < 4.78 is 32.0. The first-order valence-electron chi connectivity index (χ1n) is 7.16. The first-order valence-corrected chi connectivity index (χ1v) is 8.71. The molecule has 122 valence electrons. The number of aliphatic hydroxyl groups excluding tert-OH is 1. The van der Waals surface area contributed by atoms with Gasteiger partial charge in [0.2, 0.25) is 0 Å². The van der Waals surface area contributed by atoms with Crippen molar-refractivity contribution in [1.29, 1.82) is 0 Å². The molecule has 0 aromatic heterocycles. The summed E-state index contributed by atoms with van der Waals surface area (Å²) in [5.74, 6) is 0.540. The minimum atomic E-state index is -3.64. The van der Waals surface area contributed by atoms with Crippen molar-refractivity contribution in [3.8, 4) is 5.75 Å². The van der Waals surface area contributed by atoms with Crippen molar-refractivity contribution in [3.63, 3.8) is 0 Å². The van der Waals surface area contributed by atoms with Crippen molar-refractivity contribution in [2.45, 2.75) is 13.5 Å². The van der Waals surface area contributed by atoms with Crippen LogP contribution in [0.15, 0.2) is 53.9 Å². The predicted molar refractivity (Wildman–Crippen MR) is 91.6 cm³/mol. The van der Waals surface area contributed by atoms with Crippen LogP contribution in [0.2, 0.25) is 0 Å². The molecule has 0 aliphatic rings. The fourth-order valence-corrected chi connectivity index (χ4v) is 2.85. The molecule has 0 fully saturated rings. The minimum Gasteiger partial charge on any atom is -0.494 e. The molecule has 2 rings (SSSR count). The van der Waals surface area contributed by atoms with Crippen LogP contribution in [0.3, 0.4) is 0 Å². The van der Waals surface area contributed by atoms with Gasteiger partial charge in [0.1, 0.15) is 5.75 Å². The Morgan fingerprint density at radius 3 is 2.57 bits per heavy atom. The molecule has 23 heavy (non-hydrogen) atoms. The van der Waals surface area contributed by atoms with Gasteiger partial charge in [0.15, 0.2) is 0 Å². The van der Waals surface area contributed by atoms with Gasteiger partial charge in [0, 0.05) is 11.3 Å². The highest BCUT2D eigenvalue weighted by Gasteiger charge is 2.09. The summed E-state index contributed by atoms with van der Waals surface area (Å²) in [5.41, 5.74) is 1.69. The largest absolute Gasteiger partial charge is 0.494 e. The number of benzene rings is 2. The van der Waals surface area contributed by atoms with Crippen molar-refractivity contribution in [2.24, 2.45) is 0 Å². The van der Waals surface area contributed by atoms with E-state index in [2.05, 4.69) is 4.72 Å². The molecule has 2 aromatic rings. The van der Waals surface area contributed by atoms with Gasteiger partial charge in [-0.05, 0) is 36.8 Å². The molecule has 2 aromatic carbocycles. The number of sulfonamides is 1. The third-order valence-corrected chi connectivity index (χ3v) is 4.04. The van der Waals surface area contributed by atoms with Gasteiger partial charge in [-0.15, -0.1) is 0 Å². The molecule has 0 aliphatic heterocycles. The van der Waals surface area contributed by atoms with E-state index in [4.69, 9.17) is 4.74 Å². The van der Waals surface area contributed by atoms with Crippen molar-refractivity contribution >= 4 is 21.8 Å². The van der Waals surface area contributed by atoms with Crippen LogP contribution in [0.25, 0.3) is 6.08 Å². The van der Waals surface area contributed by atoms with Crippen LogP contribution in [0, 0.1) is 0 Å². The molecule has 0 spiro atoms. The normalized spacial score (nSPS) is 11.6. The Bertz CT molecular complexity index is 770. The van der Waals surface area contributed by atoms with Gasteiger partial charge >= 0.3 is 0 Å². The lowest BCUT2D eigenvalue weighted by Crippen LogP contribution is -2.09. The summed E-state index contributed by atoms with van der Waals surface area (Å²) >= 11 is 0. The molecule has 5 nitrogen and oxygen atoms in total. The van der Waals surface area contributed by atoms with Gasteiger partial charge in [-0.2, -0.15) is 0 Å². The number of hydrogen-bond acceptors (Lipinski definition) is 4. The Hall–Kier alpha value is -2.31. The summed E-state index contributed by atoms with van der Waals surface area (Å²) in [7, 11) is -3.64. The smallest absolute Gasteiger partial charge is 0.255 e. The molecule has 2 N–H and O–H groups in total. The quantitative estimate of drug-likeness (QED) is 0.817. The topological polar surface area (TPSA) is 75.6 Å².